The largest absolute Gasteiger partial charge is 0.488 e. The molecule has 3 rings (SSSR count). The van der Waals surface area contributed by atoms with Crippen molar-refractivity contribution in [1.82, 2.24) is 0 Å². The van der Waals surface area contributed by atoms with Gasteiger partial charge in [-0.2, -0.15) is 0 Å². The fraction of sp³-hybridized carbons (Fsp3) is 0.0952. The van der Waals surface area contributed by atoms with Crippen LogP contribution in [0.4, 0.5) is 10.1 Å². The van der Waals surface area contributed by atoms with E-state index in [1.807, 2.05) is 6.07 Å². The zero-order chi connectivity index (χ0) is 20.6. The Bertz CT molecular complexity index is 1040. The van der Waals surface area contributed by atoms with Gasteiger partial charge in [-0.1, -0.05) is 35.5 Å². The highest BCUT2D eigenvalue weighted by molar-refractivity contribution is 14.1. The van der Waals surface area contributed by atoms with Gasteiger partial charge in [-0.25, -0.2) is 4.39 Å². The second kappa shape index (κ2) is 9.97. The van der Waals surface area contributed by atoms with Crippen molar-refractivity contribution in [3.8, 4) is 5.75 Å². The van der Waals surface area contributed by atoms with Crippen LogP contribution in [0.3, 0.4) is 0 Å². The van der Waals surface area contributed by atoms with Crippen molar-refractivity contribution in [2.45, 2.75) is 13.2 Å². The maximum Gasteiger partial charge on any atom is 0.269 e. The fourth-order valence-corrected chi connectivity index (χ4v) is 3.15. The number of halogens is 2. The van der Waals surface area contributed by atoms with Crippen LogP contribution in [0, 0.1) is 19.5 Å². The lowest BCUT2D eigenvalue weighted by atomic mass is 10.2. The molecule has 0 aliphatic rings. The first-order chi connectivity index (χ1) is 14.0. The number of rotatable bonds is 8. The highest BCUT2D eigenvalue weighted by atomic mass is 127. The monoisotopic (exact) mass is 506 g/mol. The number of hydrogen-bond acceptors (Lipinski definition) is 5. The van der Waals surface area contributed by atoms with E-state index in [0.717, 1.165) is 9.13 Å². The predicted octanol–water partition coefficient (Wildman–Crippen LogP) is 5.47. The molecule has 0 unspecified atom stereocenters. The smallest absolute Gasteiger partial charge is 0.269 e. The zero-order valence-corrected chi connectivity index (χ0v) is 17.3. The van der Waals surface area contributed by atoms with Gasteiger partial charge in [0.05, 0.1) is 14.7 Å². The Balaban J connectivity index is 1.55. The Morgan fingerprint density at radius 2 is 1.90 bits per heavy atom. The Labute approximate surface area is 180 Å². The molecule has 148 valence electrons. The number of benzene rings is 3. The number of nitro groups is 1. The Morgan fingerprint density at radius 3 is 2.66 bits per heavy atom. The van der Waals surface area contributed by atoms with Gasteiger partial charge in [0.2, 0.25) is 0 Å². The fourth-order valence-electron chi connectivity index (χ4n) is 2.46. The number of non-ortho nitro benzene ring substituents is 1. The van der Waals surface area contributed by atoms with Gasteiger partial charge in [0, 0.05) is 17.7 Å². The van der Waals surface area contributed by atoms with E-state index in [4.69, 9.17) is 9.57 Å². The molecule has 0 radical (unpaired) electrons. The Morgan fingerprint density at radius 1 is 1.07 bits per heavy atom. The molecule has 0 aliphatic carbocycles. The van der Waals surface area contributed by atoms with Crippen LogP contribution in [0.15, 0.2) is 71.9 Å². The minimum atomic E-state index is -0.454. The van der Waals surface area contributed by atoms with Crippen LogP contribution in [0.1, 0.15) is 16.7 Å². The van der Waals surface area contributed by atoms with E-state index < -0.39 is 4.92 Å². The summed E-state index contributed by atoms with van der Waals surface area (Å²) in [5.74, 6) is 0.343. The van der Waals surface area contributed by atoms with Crippen LogP contribution in [-0.2, 0) is 18.1 Å². The Hall–Kier alpha value is -3.01. The van der Waals surface area contributed by atoms with Gasteiger partial charge < -0.3 is 9.57 Å². The second-order valence-corrected chi connectivity index (χ2v) is 7.17. The van der Waals surface area contributed by atoms with Gasteiger partial charge in [0.15, 0.2) is 0 Å². The van der Waals surface area contributed by atoms with Crippen LogP contribution in [0.25, 0.3) is 0 Å². The maximum absolute atomic E-state index is 13.7. The molecule has 6 nitrogen and oxygen atoms in total. The van der Waals surface area contributed by atoms with Crippen molar-refractivity contribution in [3.63, 3.8) is 0 Å². The topological polar surface area (TPSA) is 74.0 Å². The summed E-state index contributed by atoms with van der Waals surface area (Å²) in [6, 6.07) is 18.1. The first-order valence-corrected chi connectivity index (χ1v) is 9.65. The lowest BCUT2D eigenvalue weighted by Gasteiger charge is -2.09. The molecule has 0 bridgehead atoms. The number of ether oxygens (including phenoxy) is 1. The third-order valence-corrected chi connectivity index (χ3v) is 4.77. The molecule has 0 heterocycles. The molecule has 8 heteroatoms. The number of hydrogen-bond donors (Lipinski definition) is 0. The minimum absolute atomic E-state index is 0.00982. The second-order valence-electron chi connectivity index (χ2n) is 6.00. The predicted molar refractivity (Wildman–Crippen MR) is 115 cm³/mol. The molecule has 3 aromatic carbocycles. The molecular formula is C21H16FIN2O4. The molecule has 0 saturated heterocycles. The Kier molecular flexibility index (Phi) is 7.12. The normalized spacial score (nSPS) is 10.8. The molecule has 0 spiro atoms. The summed E-state index contributed by atoms with van der Waals surface area (Å²) in [5.41, 5.74) is 1.95. The van der Waals surface area contributed by atoms with E-state index in [2.05, 4.69) is 27.7 Å². The third kappa shape index (κ3) is 5.98. The summed E-state index contributed by atoms with van der Waals surface area (Å²) in [6.45, 7) is 0.265. The lowest BCUT2D eigenvalue weighted by Crippen LogP contribution is -2.00. The molecule has 0 fully saturated rings. The SMILES string of the molecule is O=[N+]([O-])c1cccc(CO/N=C\c2ccc(OCc3ccccc3F)c(I)c2)c1. The molecule has 0 N–H and O–H groups in total. The summed E-state index contributed by atoms with van der Waals surface area (Å²) >= 11 is 2.13. The van der Waals surface area contributed by atoms with Crippen LogP contribution in [-0.4, -0.2) is 11.1 Å². The summed E-state index contributed by atoms with van der Waals surface area (Å²) in [7, 11) is 0. The van der Waals surface area contributed by atoms with Crippen molar-refractivity contribution >= 4 is 34.5 Å². The first-order valence-electron chi connectivity index (χ1n) is 8.57. The highest BCUT2D eigenvalue weighted by Crippen LogP contribution is 2.23. The van der Waals surface area contributed by atoms with Crippen molar-refractivity contribution in [1.29, 1.82) is 0 Å². The van der Waals surface area contributed by atoms with Crippen LogP contribution < -0.4 is 4.74 Å². The van der Waals surface area contributed by atoms with Gasteiger partial charge in [0.25, 0.3) is 5.69 Å². The van der Waals surface area contributed by atoms with Gasteiger partial charge in [-0.15, -0.1) is 0 Å². The number of nitrogens with zero attached hydrogens (tertiary/aromatic N) is 2. The van der Waals surface area contributed by atoms with Gasteiger partial charge in [0.1, 0.15) is 24.8 Å². The maximum atomic E-state index is 13.7. The summed E-state index contributed by atoms with van der Waals surface area (Å²) in [5, 5.41) is 14.7. The average molecular weight is 506 g/mol. The van der Waals surface area contributed by atoms with Crippen LogP contribution >= 0.6 is 22.6 Å². The standard InChI is InChI=1S/C21H16FIN2O4/c22-19-7-2-1-5-17(19)14-28-21-9-8-15(11-20(21)23)12-24-29-13-16-4-3-6-18(10-16)25(26)27/h1-12H,13-14H2/b24-12-. The summed E-state index contributed by atoms with van der Waals surface area (Å²) in [6.07, 6.45) is 1.54. The lowest BCUT2D eigenvalue weighted by molar-refractivity contribution is -0.384. The van der Waals surface area contributed by atoms with E-state index >= 15 is 0 Å². The van der Waals surface area contributed by atoms with Crippen molar-refractivity contribution < 1.29 is 18.9 Å². The van der Waals surface area contributed by atoms with E-state index in [1.54, 1.807) is 48.7 Å². The average Bonchev–Trinajstić information content (AvgIpc) is 2.72. The highest BCUT2D eigenvalue weighted by Gasteiger charge is 2.07. The third-order valence-electron chi connectivity index (χ3n) is 3.93. The molecule has 29 heavy (non-hydrogen) atoms. The zero-order valence-electron chi connectivity index (χ0n) is 15.1. The van der Waals surface area contributed by atoms with Gasteiger partial charge >= 0.3 is 0 Å². The van der Waals surface area contributed by atoms with Crippen LogP contribution in [0.5, 0.6) is 5.75 Å². The summed E-state index contributed by atoms with van der Waals surface area (Å²) < 4.78 is 20.2. The van der Waals surface area contributed by atoms with Gasteiger partial charge in [-0.3, -0.25) is 10.1 Å². The van der Waals surface area contributed by atoms with E-state index in [9.17, 15) is 14.5 Å². The molecule has 0 aromatic heterocycles. The van der Waals surface area contributed by atoms with E-state index in [0.29, 0.717) is 16.9 Å². The number of oxime groups is 1. The van der Waals surface area contributed by atoms with Crippen LogP contribution in [0.2, 0.25) is 0 Å². The van der Waals surface area contributed by atoms with Crippen molar-refractivity contribution in [2.75, 3.05) is 0 Å². The number of nitro benzene ring substituents is 1. The minimum Gasteiger partial charge on any atom is -0.488 e. The van der Waals surface area contributed by atoms with E-state index in [1.165, 1.54) is 18.2 Å². The van der Waals surface area contributed by atoms with E-state index in [-0.39, 0.29) is 24.7 Å². The molecule has 0 atom stereocenters. The van der Waals surface area contributed by atoms with Crippen molar-refractivity contribution in [2.24, 2.45) is 5.16 Å². The quantitative estimate of drug-likeness (QED) is 0.176. The molecule has 0 amide bonds. The molecule has 0 aliphatic heterocycles. The first kappa shape index (κ1) is 20.7. The molecule has 0 saturated carbocycles. The summed E-state index contributed by atoms with van der Waals surface area (Å²) in [4.78, 5) is 15.5. The van der Waals surface area contributed by atoms with Crippen molar-refractivity contribution in [3.05, 3.63) is 103 Å². The molecule has 3 aromatic rings. The molecular weight excluding hydrogens is 490 g/mol. The van der Waals surface area contributed by atoms with Gasteiger partial charge in [-0.05, 0) is 58.0 Å².